The van der Waals surface area contributed by atoms with Crippen LogP contribution in [0.3, 0.4) is 0 Å². The van der Waals surface area contributed by atoms with Gasteiger partial charge in [-0.1, -0.05) is 12.1 Å². The molecule has 0 atom stereocenters. The number of nitrogens with zero attached hydrogens (tertiary/aromatic N) is 1. The Kier molecular flexibility index (Phi) is 2.37. The van der Waals surface area contributed by atoms with E-state index in [1.54, 1.807) is 6.33 Å². The summed E-state index contributed by atoms with van der Waals surface area (Å²) in [6.45, 7) is 0.800. The molecule has 0 radical (unpaired) electrons. The molecule has 3 nitrogen and oxygen atoms in total. The van der Waals surface area contributed by atoms with Crippen LogP contribution in [0.2, 0.25) is 0 Å². The lowest BCUT2D eigenvalue weighted by atomic mass is 10.1. The number of aromatic amines is 1. The van der Waals surface area contributed by atoms with Crippen molar-refractivity contribution >= 4 is 5.69 Å². The van der Waals surface area contributed by atoms with E-state index in [-0.39, 0.29) is 0 Å². The van der Waals surface area contributed by atoms with Crippen molar-refractivity contribution in [3.8, 4) is 0 Å². The van der Waals surface area contributed by atoms with E-state index in [9.17, 15) is 0 Å². The Morgan fingerprint density at radius 2 is 2.31 bits per heavy atom. The van der Waals surface area contributed by atoms with E-state index >= 15 is 0 Å². The smallest absolute Gasteiger partial charge is 0.0922 e. The van der Waals surface area contributed by atoms with Crippen LogP contribution in [0.15, 0.2) is 36.8 Å². The molecule has 3 rings (SSSR count). The Morgan fingerprint density at radius 1 is 1.38 bits per heavy atom. The third kappa shape index (κ3) is 2.08. The van der Waals surface area contributed by atoms with Crippen LogP contribution in [0.25, 0.3) is 0 Å². The van der Waals surface area contributed by atoms with Gasteiger partial charge in [0.15, 0.2) is 0 Å². The minimum absolute atomic E-state index is 0.800. The first kappa shape index (κ1) is 9.46. The molecule has 1 aliphatic carbocycles. The van der Waals surface area contributed by atoms with Gasteiger partial charge in [0.25, 0.3) is 0 Å². The summed E-state index contributed by atoms with van der Waals surface area (Å²) in [5.41, 5.74) is 3.77. The highest BCUT2D eigenvalue weighted by Gasteiger charge is 2.23. The van der Waals surface area contributed by atoms with Crippen molar-refractivity contribution in [2.24, 2.45) is 0 Å². The Hall–Kier alpha value is -1.77. The fourth-order valence-electron chi connectivity index (χ4n) is 1.90. The summed E-state index contributed by atoms with van der Waals surface area (Å²) in [5, 5.41) is 3.40. The molecular formula is C13H15N3. The minimum Gasteiger partial charge on any atom is -0.379 e. The van der Waals surface area contributed by atoms with Crippen LogP contribution in [0.5, 0.6) is 0 Å². The van der Waals surface area contributed by atoms with Crippen LogP contribution in [0.4, 0.5) is 5.69 Å². The first-order chi connectivity index (χ1) is 7.92. The minimum atomic E-state index is 0.800. The number of hydrogen-bond donors (Lipinski definition) is 2. The fourth-order valence-corrected chi connectivity index (χ4v) is 1.90. The standard InChI is InChI=1S/C13H15N3/c1-2-11(10-4-5-10)6-12(3-1)15-8-13-7-14-9-16-13/h1-3,6-7,9-10,15H,4-5,8H2,(H,14,16). The van der Waals surface area contributed by atoms with Gasteiger partial charge >= 0.3 is 0 Å². The summed E-state index contributed by atoms with van der Waals surface area (Å²) in [6.07, 6.45) is 6.25. The molecule has 0 amide bonds. The van der Waals surface area contributed by atoms with Gasteiger partial charge < -0.3 is 10.3 Å². The summed E-state index contributed by atoms with van der Waals surface area (Å²) in [6, 6.07) is 8.72. The zero-order valence-corrected chi connectivity index (χ0v) is 9.11. The molecule has 16 heavy (non-hydrogen) atoms. The molecule has 2 aromatic rings. The van der Waals surface area contributed by atoms with Crippen molar-refractivity contribution in [3.05, 3.63) is 48.0 Å². The monoisotopic (exact) mass is 213 g/mol. The van der Waals surface area contributed by atoms with Crippen molar-refractivity contribution in [2.45, 2.75) is 25.3 Å². The number of anilines is 1. The normalized spacial score (nSPS) is 15.0. The van der Waals surface area contributed by atoms with Gasteiger partial charge in [-0.25, -0.2) is 4.98 Å². The van der Waals surface area contributed by atoms with Crippen LogP contribution in [-0.2, 0) is 6.54 Å². The average molecular weight is 213 g/mol. The van der Waals surface area contributed by atoms with E-state index in [4.69, 9.17) is 0 Å². The van der Waals surface area contributed by atoms with Crippen molar-refractivity contribution in [3.63, 3.8) is 0 Å². The highest BCUT2D eigenvalue weighted by Crippen LogP contribution is 2.40. The Morgan fingerprint density at radius 3 is 3.06 bits per heavy atom. The lowest BCUT2D eigenvalue weighted by molar-refractivity contribution is 1.07. The van der Waals surface area contributed by atoms with Crippen molar-refractivity contribution in [2.75, 3.05) is 5.32 Å². The van der Waals surface area contributed by atoms with Crippen LogP contribution in [0, 0.1) is 0 Å². The predicted octanol–water partition coefficient (Wildman–Crippen LogP) is 2.90. The third-order valence-electron chi connectivity index (χ3n) is 2.97. The maximum atomic E-state index is 3.99. The third-order valence-corrected chi connectivity index (χ3v) is 2.97. The summed E-state index contributed by atoms with van der Waals surface area (Å²) < 4.78 is 0. The van der Waals surface area contributed by atoms with Crippen LogP contribution in [-0.4, -0.2) is 9.97 Å². The van der Waals surface area contributed by atoms with Gasteiger partial charge in [-0.3, -0.25) is 0 Å². The summed E-state index contributed by atoms with van der Waals surface area (Å²) in [5.74, 6) is 0.814. The highest BCUT2D eigenvalue weighted by molar-refractivity contribution is 5.47. The van der Waals surface area contributed by atoms with E-state index in [2.05, 4.69) is 39.6 Å². The number of rotatable bonds is 4. The zero-order valence-electron chi connectivity index (χ0n) is 9.11. The summed E-state index contributed by atoms with van der Waals surface area (Å²) in [7, 11) is 0. The topological polar surface area (TPSA) is 40.7 Å². The van der Waals surface area contributed by atoms with Crippen LogP contribution in [0.1, 0.15) is 30.0 Å². The van der Waals surface area contributed by atoms with Crippen LogP contribution < -0.4 is 5.32 Å². The summed E-state index contributed by atoms with van der Waals surface area (Å²) >= 11 is 0. The maximum absolute atomic E-state index is 3.99. The van der Waals surface area contributed by atoms with Crippen molar-refractivity contribution in [1.29, 1.82) is 0 Å². The second-order valence-electron chi connectivity index (χ2n) is 4.33. The fraction of sp³-hybridized carbons (Fsp3) is 0.308. The molecule has 1 saturated carbocycles. The maximum Gasteiger partial charge on any atom is 0.0922 e. The molecule has 0 spiro atoms. The zero-order chi connectivity index (χ0) is 10.8. The van der Waals surface area contributed by atoms with Gasteiger partial charge in [0, 0.05) is 11.9 Å². The lowest BCUT2D eigenvalue weighted by Gasteiger charge is -2.06. The quantitative estimate of drug-likeness (QED) is 0.819. The number of nitrogens with one attached hydrogen (secondary N) is 2. The molecule has 0 saturated heterocycles. The van der Waals surface area contributed by atoms with Gasteiger partial charge in [0.05, 0.1) is 18.6 Å². The molecule has 0 bridgehead atoms. The first-order valence-corrected chi connectivity index (χ1v) is 5.73. The number of hydrogen-bond acceptors (Lipinski definition) is 2. The Balaban J connectivity index is 1.67. The van der Waals surface area contributed by atoms with Gasteiger partial charge in [-0.15, -0.1) is 0 Å². The van der Waals surface area contributed by atoms with Gasteiger partial charge in [-0.05, 0) is 36.5 Å². The molecule has 1 aliphatic rings. The number of H-pyrrole nitrogens is 1. The molecule has 3 heteroatoms. The SMILES string of the molecule is c1cc(NCc2cnc[nH]2)cc(C2CC2)c1. The molecule has 0 aliphatic heterocycles. The van der Waals surface area contributed by atoms with E-state index < -0.39 is 0 Å². The summed E-state index contributed by atoms with van der Waals surface area (Å²) in [4.78, 5) is 7.08. The molecule has 1 aromatic heterocycles. The van der Waals surface area contributed by atoms with Crippen LogP contribution >= 0.6 is 0 Å². The molecule has 82 valence electrons. The molecule has 1 heterocycles. The van der Waals surface area contributed by atoms with Crippen molar-refractivity contribution < 1.29 is 0 Å². The largest absolute Gasteiger partial charge is 0.379 e. The van der Waals surface area contributed by atoms with E-state index in [1.165, 1.54) is 24.1 Å². The first-order valence-electron chi connectivity index (χ1n) is 5.73. The number of imidazole rings is 1. The van der Waals surface area contributed by atoms with Crippen molar-refractivity contribution in [1.82, 2.24) is 9.97 Å². The number of benzene rings is 1. The van der Waals surface area contributed by atoms with Gasteiger partial charge in [-0.2, -0.15) is 0 Å². The lowest BCUT2D eigenvalue weighted by Crippen LogP contribution is -1.99. The van der Waals surface area contributed by atoms with Gasteiger partial charge in [0.2, 0.25) is 0 Å². The molecule has 0 unspecified atom stereocenters. The van der Waals surface area contributed by atoms with E-state index in [1.807, 2.05) is 6.20 Å². The second kappa shape index (κ2) is 4.00. The Bertz CT molecular complexity index is 458. The predicted molar refractivity (Wildman–Crippen MR) is 64.3 cm³/mol. The molecular weight excluding hydrogens is 198 g/mol. The average Bonchev–Trinajstić information content (AvgIpc) is 3.05. The molecule has 1 aromatic carbocycles. The number of aromatic nitrogens is 2. The highest BCUT2D eigenvalue weighted by atomic mass is 14.9. The van der Waals surface area contributed by atoms with Gasteiger partial charge in [0.1, 0.15) is 0 Å². The van der Waals surface area contributed by atoms with E-state index in [0.717, 1.165) is 18.2 Å². The molecule has 1 fully saturated rings. The second-order valence-corrected chi connectivity index (χ2v) is 4.33. The Labute approximate surface area is 94.9 Å². The molecule has 2 N–H and O–H groups in total. The van der Waals surface area contributed by atoms with E-state index in [0.29, 0.717) is 0 Å².